The lowest BCUT2D eigenvalue weighted by Crippen LogP contribution is -2.34. The van der Waals surface area contributed by atoms with Crippen molar-refractivity contribution in [3.63, 3.8) is 0 Å². The lowest BCUT2D eigenvalue weighted by molar-refractivity contribution is -0.134. The van der Waals surface area contributed by atoms with Gasteiger partial charge in [0.2, 0.25) is 0 Å². The Morgan fingerprint density at radius 2 is 1.88 bits per heavy atom. The monoisotopic (exact) mass is 341 g/mol. The van der Waals surface area contributed by atoms with Crippen LogP contribution in [0.5, 0.6) is 17.2 Å². The van der Waals surface area contributed by atoms with Gasteiger partial charge in [-0.3, -0.25) is 4.79 Å². The summed E-state index contributed by atoms with van der Waals surface area (Å²) in [5, 5.41) is 0. The molecule has 0 radical (unpaired) electrons. The number of carbonyl (C=O) groups excluding carboxylic acids is 1. The van der Waals surface area contributed by atoms with E-state index < -0.39 is 0 Å². The number of ether oxygens (including phenoxy) is 3. The molecule has 0 aromatic heterocycles. The van der Waals surface area contributed by atoms with Crippen LogP contribution >= 0.6 is 0 Å². The van der Waals surface area contributed by atoms with Gasteiger partial charge in [0, 0.05) is 18.2 Å². The van der Waals surface area contributed by atoms with Gasteiger partial charge < -0.3 is 19.1 Å². The van der Waals surface area contributed by atoms with E-state index in [4.69, 9.17) is 14.2 Å². The van der Waals surface area contributed by atoms with Gasteiger partial charge in [-0.1, -0.05) is 18.2 Å². The number of amides is 1. The third kappa shape index (κ3) is 3.87. The molecule has 3 rings (SSSR count). The van der Waals surface area contributed by atoms with E-state index in [-0.39, 0.29) is 18.6 Å². The van der Waals surface area contributed by atoms with Gasteiger partial charge in [0.05, 0.1) is 20.3 Å². The zero-order valence-corrected chi connectivity index (χ0v) is 14.6. The van der Waals surface area contributed by atoms with Crippen LogP contribution < -0.4 is 14.2 Å². The molecule has 5 nitrogen and oxygen atoms in total. The van der Waals surface area contributed by atoms with Gasteiger partial charge >= 0.3 is 0 Å². The molecule has 1 amide bonds. The number of para-hydroxylation sites is 1. The Hall–Kier alpha value is -2.69. The summed E-state index contributed by atoms with van der Waals surface area (Å²) in [5.41, 5.74) is 1.01. The van der Waals surface area contributed by atoms with Crippen LogP contribution in [-0.2, 0) is 4.79 Å². The van der Waals surface area contributed by atoms with Gasteiger partial charge in [0.25, 0.3) is 5.91 Å². The number of hydrogen-bond acceptors (Lipinski definition) is 4. The second-order valence-electron chi connectivity index (χ2n) is 5.95. The number of methoxy groups -OCH3 is 2. The summed E-state index contributed by atoms with van der Waals surface area (Å²) in [5.74, 6) is 2.18. The van der Waals surface area contributed by atoms with Crippen molar-refractivity contribution in [3.8, 4) is 17.2 Å². The van der Waals surface area contributed by atoms with E-state index in [1.165, 1.54) is 0 Å². The minimum Gasteiger partial charge on any atom is -0.497 e. The average molecular weight is 341 g/mol. The van der Waals surface area contributed by atoms with Crippen molar-refractivity contribution in [1.29, 1.82) is 0 Å². The first-order valence-corrected chi connectivity index (χ1v) is 8.42. The summed E-state index contributed by atoms with van der Waals surface area (Å²) < 4.78 is 16.4. The summed E-state index contributed by atoms with van der Waals surface area (Å²) in [6.07, 6.45) is 1.89. The molecule has 2 aromatic carbocycles. The van der Waals surface area contributed by atoms with Crippen molar-refractivity contribution in [2.24, 2.45) is 0 Å². The Kier molecular flexibility index (Phi) is 5.43. The van der Waals surface area contributed by atoms with E-state index in [1.807, 2.05) is 53.4 Å². The Labute approximate surface area is 148 Å². The molecule has 0 spiro atoms. The third-order valence-corrected chi connectivity index (χ3v) is 4.48. The number of carbonyl (C=O) groups is 1. The van der Waals surface area contributed by atoms with Gasteiger partial charge in [-0.05, 0) is 37.1 Å². The summed E-state index contributed by atoms with van der Waals surface area (Å²) in [6, 6.07) is 15.1. The van der Waals surface area contributed by atoms with Crippen molar-refractivity contribution in [2.45, 2.75) is 18.9 Å². The number of rotatable bonds is 6. The van der Waals surface area contributed by atoms with E-state index in [2.05, 4.69) is 0 Å². The number of likely N-dealkylation sites (tertiary alicyclic amines) is 1. The van der Waals surface area contributed by atoms with Crippen LogP contribution in [0.1, 0.15) is 24.4 Å². The van der Waals surface area contributed by atoms with Crippen LogP contribution in [0.25, 0.3) is 0 Å². The van der Waals surface area contributed by atoms with Crippen LogP contribution in [0, 0.1) is 0 Å². The Bertz CT molecular complexity index is 717. The highest BCUT2D eigenvalue weighted by Crippen LogP contribution is 2.38. The summed E-state index contributed by atoms with van der Waals surface area (Å²) in [7, 11) is 3.26. The number of benzene rings is 2. The maximum Gasteiger partial charge on any atom is 0.261 e. The second kappa shape index (κ2) is 7.92. The Balaban J connectivity index is 1.73. The SMILES string of the molecule is COc1ccc(C2CCCN2C(=O)COc2ccccc2)c(OC)c1. The second-order valence-corrected chi connectivity index (χ2v) is 5.95. The van der Waals surface area contributed by atoms with Crippen molar-refractivity contribution in [2.75, 3.05) is 27.4 Å². The first-order chi connectivity index (χ1) is 12.2. The van der Waals surface area contributed by atoms with Crippen molar-refractivity contribution in [1.82, 2.24) is 4.90 Å². The fraction of sp³-hybridized carbons (Fsp3) is 0.350. The van der Waals surface area contributed by atoms with Gasteiger partial charge in [-0.15, -0.1) is 0 Å². The van der Waals surface area contributed by atoms with E-state index in [1.54, 1.807) is 14.2 Å². The molecule has 1 heterocycles. The minimum atomic E-state index is -0.00998. The highest BCUT2D eigenvalue weighted by atomic mass is 16.5. The number of hydrogen-bond donors (Lipinski definition) is 0. The lowest BCUT2D eigenvalue weighted by atomic mass is 10.0. The largest absolute Gasteiger partial charge is 0.497 e. The van der Waals surface area contributed by atoms with Crippen LogP contribution in [0.4, 0.5) is 0 Å². The molecule has 0 N–H and O–H groups in total. The normalized spacial score (nSPS) is 16.6. The number of nitrogens with zero attached hydrogens (tertiary/aromatic N) is 1. The van der Waals surface area contributed by atoms with Gasteiger partial charge in [-0.2, -0.15) is 0 Å². The maximum atomic E-state index is 12.7. The quantitative estimate of drug-likeness (QED) is 0.807. The third-order valence-electron chi connectivity index (χ3n) is 4.48. The molecular weight excluding hydrogens is 318 g/mol. The summed E-state index contributed by atoms with van der Waals surface area (Å²) >= 11 is 0. The van der Waals surface area contributed by atoms with E-state index in [0.29, 0.717) is 5.75 Å². The van der Waals surface area contributed by atoms with E-state index >= 15 is 0 Å². The first kappa shape index (κ1) is 17.1. The lowest BCUT2D eigenvalue weighted by Gasteiger charge is -2.26. The van der Waals surface area contributed by atoms with Crippen molar-refractivity contribution in [3.05, 3.63) is 54.1 Å². The molecule has 0 saturated carbocycles. The molecule has 132 valence electrons. The standard InChI is InChI=1S/C20H23NO4/c1-23-16-10-11-17(19(13-16)24-2)18-9-6-12-21(18)20(22)14-25-15-7-4-3-5-8-15/h3-5,7-8,10-11,13,18H,6,9,12,14H2,1-2H3. The van der Waals surface area contributed by atoms with Gasteiger partial charge in [0.15, 0.2) is 6.61 Å². The molecule has 0 aliphatic carbocycles. The van der Waals surface area contributed by atoms with Crippen LogP contribution in [0.3, 0.4) is 0 Å². The smallest absolute Gasteiger partial charge is 0.261 e. The highest BCUT2D eigenvalue weighted by Gasteiger charge is 2.32. The van der Waals surface area contributed by atoms with E-state index in [0.717, 1.165) is 36.4 Å². The fourth-order valence-corrected chi connectivity index (χ4v) is 3.23. The molecule has 1 fully saturated rings. The predicted molar refractivity (Wildman–Crippen MR) is 95.2 cm³/mol. The fourth-order valence-electron chi connectivity index (χ4n) is 3.23. The molecule has 1 aliphatic heterocycles. The zero-order chi connectivity index (χ0) is 17.6. The molecule has 1 aliphatic rings. The van der Waals surface area contributed by atoms with Crippen LogP contribution in [-0.4, -0.2) is 38.2 Å². The molecule has 25 heavy (non-hydrogen) atoms. The molecule has 1 atom stereocenters. The Morgan fingerprint density at radius 1 is 1.08 bits per heavy atom. The van der Waals surface area contributed by atoms with E-state index in [9.17, 15) is 4.79 Å². The molecular formula is C20H23NO4. The van der Waals surface area contributed by atoms with Gasteiger partial charge in [0.1, 0.15) is 17.2 Å². The predicted octanol–water partition coefficient (Wildman–Crippen LogP) is 3.45. The topological polar surface area (TPSA) is 48.0 Å². The first-order valence-electron chi connectivity index (χ1n) is 8.42. The Morgan fingerprint density at radius 3 is 2.60 bits per heavy atom. The summed E-state index contributed by atoms with van der Waals surface area (Å²) in [6.45, 7) is 0.774. The molecule has 1 saturated heterocycles. The molecule has 1 unspecified atom stereocenters. The van der Waals surface area contributed by atoms with Gasteiger partial charge in [-0.25, -0.2) is 0 Å². The van der Waals surface area contributed by atoms with Crippen LogP contribution in [0.2, 0.25) is 0 Å². The van der Waals surface area contributed by atoms with Crippen molar-refractivity contribution < 1.29 is 19.0 Å². The molecule has 5 heteroatoms. The summed E-state index contributed by atoms with van der Waals surface area (Å²) in [4.78, 5) is 14.5. The maximum absolute atomic E-state index is 12.7. The highest BCUT2D eigenvalue weighted by molar-refractivity contribution is 5.78. The molecule has 2 aromatic rings. The molecule has 0 bridgehead atoms. The minimum absolute atomic E-state index is 0.00716. The van der Waals surface area contributed by atoms with Crippen molar-refractivity contribution >= 4 is 5.91 Å². The average Bonchev–Trinajstić information content (AvgIpc) is 3.16. The zero-order valence-electron chi connectivity index (χ0n) is 14.6. The van der Waals surface area contributed by atoms with Crippen LogP contribution in [0.15, 0.2) is 48.5 Å².